The molecule has 84 valence electrons. The Kier molecular flexibility index (Phi) is 2.62. The van der Waals surface area contributed by atoms with Gasteiger partial charge in [-0.2, -0.15) is 4.99 Å². The fraction of sp³-hybridized carbons (Fsp3) is 0.417. The lowest BCUT2D eigenvalue weighted by molar-refractivity contribution is -0.0726. The van der Waals surface area contributed by atoms with Gasteiger partial charge in [-0.25, -0.2) is 4.79 Å². The molecule has 1 saturated carbocycles. The van der Waals surface area contributed by atoms with E-state index in [4.69, 9.17) is 11.6 Å². The van der Waals surface area contributed by atoms with Crippen LogP contribution in [-0.2, 0) is 10.3 Å². The van der Waals surface area contributed by atoms with E-state index < -0.39 is 11.1 Å². The zero-order valence-corrected chi connectivity index (χ0v) is 9.66. The van der Waals surface area contributed by atoms with E-state index in [1.165, 1.54) is 0 Å². The third-order valence-corrected chi connectivity index (χ3v) is 3.31. The molecule has 0 aromatic heterocycles. The summed E-state index contributed by atoms with van der Waals surface area (Å²) < 4.78 is 0. The van der Waals surface area contributed by atoms with Crippen molar-refractivity contribution in [2.24, 2.45) is 4.99 Å². The van der Waals surface area contributed by atoms with Crippen LogP contribution in [0.1, 0.15) is 25.3 Å². The number of hydrogen-bond donors (Lipinski definition) is 1. The molecule has 0 saturated heterocycles. The predicted molar refractivity (Wildman–Crippen MR) is 61.1 cm³/mol. The summed E-state index contributed by atoms with van der Waals surface area (Å²) in [6.07, 6.45) is 2.38. The second-order valence-electron chi connectivity index (χ2n) is 4.57. The van der Waals surface area contributed by atoms with Gasteiger partial charge in [0.15, 0.2) is 0 Å². The number of halogens is 1. The van der Waals surface area contributed by atoms with Crippen molar-refractivity contribution in [2.75, 3.05) is 0 Å². The van der Waals surface area contributed by atoms with Gasteiger partial charge in [-0.05, 0) is 18.6 Å². The van der Waals surface area contributed by atoms with E-state index in [1.54, 1.807) is 19.1 Å². The van der Waals surface area contributed by atoms with Crippen molar-refractivity contribution in [3.8, 4) is 0 Å². The quantitative estimate of drug-likeness (QED) is 0.634. The molecular weight excluding hydrogens is 226 g/mol. The monoisotopic (exact) mass is 237 g/mol. The smallest absolute Gasteiger partial charge is 0.235 e. The molecule has 1 aromatic rings. The van der Waals surface area contributed by atoms with Gasteiger partial charge < -0.3 is 5.11 Å². The lowest BCUT2D eigenvalue weighted by atomic mass is 9.63. The van der Waals surface area contributed by atoms with Crippen LogP contribution in [0.15, 0.2) is 29.3 Å². The van der Waals surface area contributed by atoms with Gasteiger partial charge in [0.25, 0.3) is 0 Å². The van der Waals surface area contributed by atoms with Crippen molar-refractivity contribution in [2.45, 2.75) is 30.9 Å². The Balaban J connectivity index is 2.44. The Morgan fingerprint density at radius 3 is 2.56 bits per heavy atom. The summed E-state index contributed by atoms with van der Waals surface area (Å²) in [5.41, 5.74) is -0.685. The van der Waals surface area contributed by atoms with Crippen molar-refractivity contribution in [1.82, 2.24) is 0 Å². The van der Waals surface area contributed by atoms with E-state index >= 15 is 0 Å². The second kappa shape index (κ2) is 3.70. The van der Waals surface area contributed by atoms with E-state index in [9.17, 15) is 9.90 Å². The Bertz CT molecular complexity index is 456. The molecule has 0 unspecified atom stereocenters. The zero-order valence-electron chi connectivity index (χ0n) is 8.90. The number of aliphatic imine (C=N–C) groups is 1. The summed E-state index contributed by atoms with van der Waals surface area (Å²) in [5.74, 6) is 0. The van der Waals surface area contributed by atoms with Crippen LogP contribution in [-0.4, -0.2) is 16.8 Å². The first-order chi connectivity index (χ1) is 7.49. The molecule has 1 aliphatic rings. The highest BCUT2D eigenvalue weighted by Crippen LogP contribution is 2.52. The lowest BCUT2D eigenvalue weighted by Crippen LogP contribution is -2.51. The maximum Gasteiger partial charge on any atom is 0.235 e. The van der Waals surface area contributed by atoms with Crippen molar-refractivity contribution < 1.29 is 9.90 Å². The highest BCUT2D eigenvalue weighted by molar-refractivity contribution is 6.31. The maximum atomic E-state index is 10.5. The Morgan fingerprint density at radius 2 is 2.06 bits per heavy atom. The van der Waals surface area contributed by atoms with Crippen LogP contribution in [0.5, 0.6) is 0 Å². The largest absolute Gasteiger partial charge is 0.390 e. The molecule has 1 fully saturated rings. The standard InChI is InChI=1S/C12H12ClNO2/c1-11(16)6-12(7-11,14-8-15)9-4-2-3-5-10(9)13/h2-5,16H,6-7H2,1H3. The lowest BCUT2D eigenvalue weighted by Gasteiger charge is -2.48. The third-order valence-electron chi connectivity index (χ3n) is 2.98. The molecule has 0 spiro atoms. The van der Waals surface area contributed by atoms with Crippen LogP contribution in [0.4, 0.5) is 0 Å². The number of benzene rings is 1. The van der Waals surface area contributed by atoms with Gasteiger partial charge in [-0.15, -0.1) is 0 Å². The minimum absolute atomic E-state index is 0.402. The molecule has 1 N–H and O–H groups in total. The molecule has 16 heavy (non-hydrogen) atoms. The molecule has 1 aliphatic carbocycles. The molecule has 0 heterocycles. The minimum atomic E-state index is -0.778. The van der Waals surface area contributed by atoms with Gasteiger partial charge in [-0.1, -0.05) is 29.8 Å². The van der Waals surface area contributed by atoms with Gasteiger partial charge in [0.2, 0.25) is 6.08 Å². The summed E-state index contributed by atoms with van der Waals surface area (Å²) in [4.78, 5) is 14.3. The fourth-order valence-electron chi connectivity index (χ4n) is 2.46. The zero-order chi connectivity index (χ0) is 11.8. The number of aliphatic hydroxyl groups is 1. The SMILES string of the molecule is CC1(O)CC(N=C=O)(c2ccccc2Cl)C1. The number of hydrogen-bond acceptors (Lipinski definition) is 3. The third kappa shape index (κ3) is 1.78. The Hall–Kier alpha value is -1.15. The minimum Gasteiger partial charge on any atom is -0.390 e. The average molecular weight is 238 g/mol. The van der Waals surface area contributed by atoms with Gasteiger partial charge in [-0.3, -0.25) is 0 Å². The van der Waals surface area contributed by atoms with E-state index in [1.807, 2.05) is 18.2 Å². The molecule has 2 rings (SSSR count). The van der Waals surface area contributed by atoms with Crippen LogP contribution < -0.4 is 0 Å². The summed E-state index contributed by atoms with van der Waals surface area (Å²) >= 11 is 6.08. The first kappa shape index (κ1) is 11.3. The maximum absolute atomic E-state index is 10.5. The highest BCUT2D eigenvalue weighted by Gasteiger charge is 2.53. The van der Waals surface area contributed by atoms with Crippen LogP contribution in [0, 0.1) is 0 Å². The van der Waals surface area contributed by atoms with E-state index in [-0.39, 0.29) is 0 Å². The van der Waals surface area contributed by atoms with E-state index in [0.29, 0.717) is 17.9 Å². The molecule has 0 bridgehead atoms. The molecule has 0 aliphatic heterocycles. The van der Waals surface area contributed by atoms with Crippen LogP contribution >= 0.6 is 11.6 Å². The molecule has 0 amide bonds. The number of nitrogens with zero attached hydrogens (tertiary/aromatic N) is 1. The topological polar surface area (TPSA) is 49.7 Å². The summed E-state index contributed by atoms with van der Waals surface area (Å²) in [6.45, 7) is 1.72. The summed E-state index contributed by atoms with van der Waals surface area (Å²) in [6, 6.07) is 7.25. The molecule has 4 heteroatoms. The van der Waals surface area contributed by atoms with Crippen molar-refractivity contribution in [3.63, 3.8) is 0 Å². The number of isocyanates is 1. The Labute approximate surface area is 98.8 Å². The predicted octanol–water partition coefficient (Wildman–Crippen LogP) is 2.42. The normalized spacial score (nSPS) is 32.7. The summed E-state index contributed by atoms with van der Waals surface area (Å²) in [7, 11) is 0. The molecular formula is C12H12ClNO2. The number of rotatable bonds is 2. The number of carbonyl (C=O) groups excluding carboxylic acids is 1. The Morgan fingerprint density at radius 1 is 1.44 bits per heavy atom. The molecule has 1 aromatic carbocycles. The van der Waals surface area contributed by atoms with Gasteiger partial charge >= 0.3 is 0 Å². The summed E-state index contributed by atoms with van der Waals surface area (Å²) in [5, 5.41) is 10.4. The van der Waals surface area contributed by atoms with Crippen molar-refractivity contribution in [3.05, 3.63) is 34.9 Å². The molecule has 0 atom stereocenters. The van der Waals surface area contributed by atoms with Crippen LogP contribution in [0.3, 0.4) is 0 Å². The second-order valence-corrected chi connectivity index (χ2v) is 4.97. The van der Waals surface area contributed by atoms with Gasteiger partial charge in [0.1, 0.15) is 5.54 Å². The van der Waals surface area contributed by atoms with Crippen molar-refractivity contribution in [1.29, 1.82) is 0 Å². The van der Waals surface area contributed by atoms with Crippen LogP contribution in [0.25, 0.3) is 0 Å². The van der Waals surface area contributed by atoms with E-state index in [2.05, 4.69) is 4.99 Å². The van der Waals surface area contributed by atoms with Crippen LogP contribution in [0.2, 0.25) is 5.02 Å². The van der Waals surface area contributed by atoms with E-state index in [0.717, 1.165) is 5.56 Å². The average Bonchev–Trinajstić information content (AvgIpc) is 2.15. The van der Waals surface area contributed by atoms with Gasteiger partial charge in [0, 0.05) is 17.9 Å². The van der Waals surface area contributed by atoms with Gasteiger partial charge in [0.05, 0.1) is 5.60 Å². The fourth-order valence-corrected chi connectivity index (χ4v) is 2.78. The first-order valence-corrected chi connectivity index (χ1v) is 5.43. The van der Waals surface area contributed by atoms with Crippen molar-refractivity contribution >= 4 is 17.7 Å². The molecule has 3 nitrogen and oxygen atoms in total. The molecule has 0 radical (unpaired) electrons. The first-order valence-electron chi connectivity index (χ1n) is 5.06. The highest BCUT2D eigenvalue weighted by atomic mass is 35.5.